The van der Waals surface area contributed by atoms with Crippen LogP contribution in [-0.4, -0.2) is 5.43 Å². The summed E-state index contributed by atoms with van der Waals surface area (Å²) in [5.74, 6) is 0.560. The van der Waals surface area contributed by atoms with Gasteiger partial charge in [-0.05, 0) is 5.56 Å². The van der Waals surface area contributed by atoms with Crippen molar-refractivity contribution in [2.75, 3.05) is 0 Å². The van der Waals surface area contributed by atoms with Gasteiger partial charge in [-0.15, -0.1) is 41.5 Å². The molecule has 0 saturated carbocycles. The summed E-state index contributed by atoms with van der Waals surface area (Å²) in [6, 6.07) is 43.2. The van der Waals surface area contributed by atoms with Crippen LogP contribution in [0.5, 0.6) is 0 Å². The molecule has 0 radical (unpaired) electrons. The molecule has 0 spiro atoms. The van der Waals surface area contributed by atoms with E-state index in [0.29, 0.717) is 5.92 Å². The van der Waals surface area contributed by atoms with Crippen molar-refractivity contribution in [3.05, 3.63) is 150 Å². The van der Waals surface area contributed by atoms with Gasteiger partial charge in [0.25, 0.3) is 0 Å². The minimum absolute atomic E-state index is 0. The Balaban J connectivity index is 0.000000218. The minimum atomic E-state index is -0.455. The van der Waals surface area contributed by atoms with E-state index in [1.807, 2.05) is 0 Å². The molecule has 0 amide bonds. The SMILES string of the molecule is CC1=[C-]C(C)C(C)=C1C.Cc1cc2c(-c3ccccc3)cccc2[cH-]1.[Cl-].[Cl-].[Zr+2]=[Si](c1ccccc1)c1ccccc1. The van der Waals surface area contributed by atoms with Gasteiger partial charge in [-0.2, -0.15) is 17.2 Å². The molecule has 0 bridgehead atoms. The molecule has 0 heterocycles. The van der Waals surface area contributed by atoms with Crippen LogP contribution >= 0.6 is 0 Å². The molecule has 1 aliphatic carbocycles. The number of allylic oxidation sites excluding steroid dienone is 4. The van der Waals surface area contributed by atoms with E-state index in [4.69, 9.17) is 0 Å². The van der Waals surface area contributed by atoms with Crippen LogP contribution in [-0.2, 0) is 23.3 Å². The van der Waals surface area contributed by atoms with Crippen molar-refractivity contribution in [1.29, 1.82) is 0 Å². The van der Waals surface area contributed by atoms with Crippen molar-refractivity contribution >= 4 is 26.6 Å². The molecule has 4 heteroatoms. The molecule has 5 aromatic rings. The predicted molar refractivity (Wildman–Crippen MR) is 168 cm³/mol. The molecule has 0 aliphatic heterocycles. The van der Waals surface area contributed by atoms with Gasteiger partial charge in [0.05, 0.1) is 0 Å². The van der Waals surface area contributed by atoms with Crippen molar-refractivity contribution in [3.8, 4) is 11.1 Å². The van der Waals surface area contributed by atoms with Crippen molar-refractivity contribution in [3.63, 3.8) is 0 Å². The normalized spacial score (nSPS) is 13.5. The Labute approximate surface area is 274 Å². The van der Waals surface area contributed by atoms with Gasteiger partial charge in [0.1, 0.15) is 0 Å². The van der Waals surface area contributed by atoms with Gasteiger partial charge in [0.2, 0.25) is 0 Å². The quantitative estimate of drug-likeness (QED) is 0.205. The second kappa shape index (κ2) is 16.9. The average Bonchev–Trinajstić information content (AvgIpc) is 3.47. The van der Waals surface area contributed by atoms with Crippen LogP contribution in [0, 0.1) is 18.9 Å². The van der Waals surface area contributed by atoms with E-state index in [2.05, 4.69) is 162 Å². The summed E-state index contributed by atoms with van der Waals surface area (Å²) in [6.07, 6.45) is 3.36. The summed E-state index contributed by atoms with van der Waals surface area (Å²) in [4.78, 5) is 0. The molecular formula is C37H36Cl2SiZr-2. The first-order chi connectivity index (χ1) is 18.8. The van der Waals surface area contributed by atoms with Crippen LogP contribution < -0.4 is 35.2 Å². The Bertz CT molecular complexity index is 1560. The predicted octanol–water partition coefficient (Wildman–Crippen LogP) is 2.60. The molecule has 1 atom stereocenters. The van der Waals surface area contributed by atoms with Crippen LogP contribution in [0.3, 0.4) is 0 Å². The molecule has 0 nitrogen and oxygen atoms in total. The third-order valence-electron chi connectivity index (χ3n) is 7.34. The van der Waals surface area contributed by atoms with Crippen molar-refractivity contribution in [2.45, 2.75) is 34.6 Å². The zero-order valence-corrected chi connectivity index (χ0v) is 29.4. The third-order valence-corrected chi connectivity index (χ3v) is 13.4. The Morgan fingerprint density at radius 2 is 1.20 bits per heavy atom. The number of benzene rings is 4. The third kappa shape index (κ3) is 9.32. The van der Waals surface area contributed by atoms with Crippen molar-refractivity contribution < 1.29 is 48.1 Å². The topological polar surface area (TPSA) is 0 Å². The number of aryl methyl sites for hydroxylation is 1. The van der Waals surface area contributed by atoms with E-state index in [0.717, 1.165) is 0 Å². The first kappa shape index (κ1) is 34.8. The summed E-state index contributed by atoms with van der Waals surface area (Å²) < 4.78 is 0. The monoisotopic (exact) mass is 668 g/mol. The van der Waals surface area contributed by atoms with E-state index in [-0.39, 0.29) is 24.8 Å². The second-order valence-corrected chi connectivity index (χ2v) is 15.7. The van der Waals surface area contributed by atoms with Gasteiger partial charge in [-0.3, -0.25) is 6.08 Å². The molecule has 0 saturated heterocycles. The second-order valence-electron chi connectivity index (χ2n) is 10.1. The molecular weight excluding hydrogens is 635 g/mol. The van der Waals surface area contributed by atoms with Gasteiger partial charge in [-0.1, -0.05) is 75.6 Å². The molecule has 41 heavy (non-hydrogen) atoms. The first-order valence-electron chi connectivity index (χ1n) is 13.5. The standard InChI is InChI=1S/C16H13.C12H10Si.C9H13.2ClH.Zr/c1-12-10-14-8-5-9-15(16(14)11-12)13-6-3-2-4-7-13;1-3-7-11(8-4-1)13-12-9-5-2-6-10-12;1-6-5-7(2)9(4)8(6)3;;;/h2-11H,1H3;1-10H;6H,1-4H3;2*1H;/q-1;;-1;;;+2/p-2. The number of hydrogen-bond acceptors (Lipinski definition) is 0. The van der Waals surface area contributed by atoms with E-state index < -0.39 is 5.43 Å². The molecule has 0 N–H and O–H groups in total. The van der Waals surface area contributed by atoms with Crippen LogP contribution in [0.1, 0.15) is 33.3 Å². The van der Waals surface area contributed by atoms with Crippen molar-refractivity contribution in [1.82, 2.24) is 0 Å². The Kier molecular flexibility index (Phi) is 14.4. The number of fused-ring (bicyclic) bond motifs is 1. The number of rotatable bonds is 3. The molecule has 0 aromatic heterocycles. The number of halogens is 2. The molecule has 208 valence electrons. The molecule has 6 rings (SSSR count). The first-order valence-corrected chi connectivity index (χ1v) is 18.7. The Morgan fingerprint density at radius 1 is 0.683 bits per heavy atom. The van der Waals surface area contributed by atoms with Gasteiger partial charge >= 0.3 is 99.8 Å². The Morgan fingerprint density at radius 3 is 1.63 bits per heavy atom. The molecule has 0 fully saturated rings. The van der Waals surface area contributed by atoms with E-state index in [9.17, 15) is 0 Å². The molecule has 1 aliphatic rings. The van der Waals surface area contributed by atoms with E-state index in [1.54, 1.807) is 23.3 Å². The van der Waals surface area contributed by atoms with Gasteiger partial charge in [-0.25, -0.2) is 5.57 Å². The zero-order valence-electron chi connectivity index (χ0n) is 24.4. The zero-order chi connectivity index (χ0) is 27.8. The van der Waals surface area contributed by atoms with Crippen LogP contribution in [0.2, 0.25) is 0 Å². The fourth-order valence-corrected chi connectivity index (χ4v) is 8.64. The fourth-order valence-electron chi connectivity index (χ4n) is 4.79. The summed E-state index contributed by atoms with van der Waals surface area (Å²) in [6.45, 7) is 10.8. The Hall–Kier alpha value is -2.35. The van der Waals surface area contributed by atoms with Crippen LogP contribution in [0.25, 0.3) is 21.9 Å². The van der Waals surface area contributed by atoms with Crippen LogP contribution in [0.15, 0.2) is 138 Å². The average molecular weight is 671 g/mol. The van der Waals surface area contributed by atoms with Gasteiger partial charge in [0.15, 0.2) is 0 Å². The van der Waals surface area contributed by atoms with Crippen molar-refractivity contribution in [2.24, 2.45) is 5.92 Å². The number of hydrogen-bond donors (Lipinski definition) is 0. The van der Waals surface area contributed by atoms with Gasteiger partial charge in [0, 0.05) is 0 Å². The summed E-state index contributed by atoms with van der Waals surface area (Å²) in [5, 5.41) is 5.72. The maximum absolute atomic E-state index is 3.36. The van der Waals surface area contributed by atoms with Gasteiger partial charge < -0.3 is 24.8 Å². The fraction of sp³-hybridized carbons (Fsp3) is 0.162. The van der Waals surface area contributed by atoms with Crippen LogP contribution in [0.4, 0.5) is 0 Å². The van der Waals surface area contributed by atoms with E-state index in [1.165, 1.54) is 54.6 Å². The summed E-state index contributed by atoms with van der Waals surface area (Å²) in [5.41, 5.74) is 7.74. The molecule has 1 unspecified atom stereocenters. The maximum atomic E-state index is 3.36. The summed E-state index contributed by atoms with van der Waals surface area (Å²) in [7, 11) is 0. The van der Waals surface area contributed by atoms with E-state index >= 15 is 0 Å². The summed E-state index contributed by atoms with van der Waals surface area (Å²) >= 11 is 1.64. The molecule has 5 aromatic carbocycles.